The number of benzene rings is 2. The van der Waals surface area contributed by atoms with Gasteiger partial charge < -0.3 is 13.9 Å². The fourth-order valence-corrected chi connectivity index (χ4v) is 2.88. The van der Waals surface area contributed by atoms with E-state index in [1.165, 1.54) is 13.2 Å². The predicted molar refractivity (Wildman–Crippen MR) is 99.3 cm³/mol. The number of para-hydroxylation sites is 1. The van der Waals surface area contributed by atoms with Crippen molar-refractivity contribution in [3.05, 3.63) is 70.1 Å². The van der Waals surface area contributed by atoms with Gasteiger partial charge in [0.1, 0.15) is 17.1 Å². The molecule has 0 aliphatic rings. The Labute approximate surface area is 151 Å². The smallest absolute Gasteiger partial charge is 0.336 e. The van der Waals surface area contributed by atoms with E-state index in [1.54, 1.807) is 36.4 Å². The number of Topliss-reactive ketones (excluding diaryl/α,β-unsaturated/α-hetero) is 1. The van der Waals surface area contributed by atoms with Crippen LogP contribution in [0, 0.1) is 0 Å². The summed E-state index contributed by atoms with van der Waals surface area (Å²) < 4.78 is 16.1. The van der Waals surface area contributed by atoms with E-state index in [0.717, 1.165) is 23.8 Å². The van der Waals surface area contributed by atoms with Gasteiger partial charge in [0.05, 0.1) is 12.7 Å². The number of hydrogen-bond donors (Lipinski definition) is 0. The van der Waals surface area contributed by atoms with Crippen LogP contribution in [0.25, 0.3) is 11.0 Å². The molecule has 0 saturated heterocycles. The molecule has 0 radical (unpaired) electrons. The van der Waals surface area contributed by atoms with Gasteiger partial charge in [0.2, 0.25) is 5.78 Å². The minimum absolute atomic E-state index is 0.134. The van der Waals surface area contributed by atoms with Crippen molar-refractivity contribution in [3.8, 4) is 11.5 Å². The summed E-state index contributed by atoms with van der Waals surface area (Å²) in [6.07, 6.45) is 1.73. The lowest BCUT2D eigenvalue weighted by Crippen LogP contribution is -2.12. The molecule has 0 aliphatic heterocycles. The number of carbonyl (C=O) groups excluding carboxylic acids is 1. The number of aryl methyl sites for hydroxylation is 1. The molecule has 26 heavy (non-hydrogen) atoms. The van der Waals surface area contributed by atoms with Crippen LogP contribution in [0.2, 0.25) is 0 Å². The Morgan fingerprint density at radius 1 is 1.12 bits per heavy atom. The zero-order valence-electron chi connectivity index (χ0n) is 14.8. The molecule has 0 atom stereocenters. The van der Waals surface area contributed by atoms with E-state index in [-0.39, 0.29) is 18.0 Å². The maximum absolute atomic E-state index is 12.4. The Bertz CT molecular complexity index is 987. The van der Waals surface area contributed by atoms with E-state index in [9.17, 15) is 9.59 Å². The van der Waals surface area contributed by atoms with Crippen LogP contribution < -0.4 is 15.1 Å². The van der Waals surface area contributed by atoms with Crippen molar-refractivity contribution in [2.45, 2.75) is 19.8 Å². The van der Waals surface area contributed by atoms with Gasteiger partial charge in [-0.2, -0.15) is 0 Å². The van der Waals surface area contributed by atoms with E-state index in [0.29, 0.717) is 22.6 Å². The van der Waals surface area contributed by atoms with Crippen LogP contribution in [-0.4, -0.2) is 19.5 Å². The van der Waals surface area contributed by atoms with Gasteiger partial charge in [-0.25, -0.2) is 4.79 Å². The number of rotatable bonds is 7. The SMILES string of the molecule is CCCc1cc(=O)oc2cc(OCC(=O)c3ccccc3OC)ccc12. The fraction of sp³-hybridized carbons (Fsp3) is 0.238. The number of hydrogen-bond acceptors (Lipinski definition) is 5. The quantitative estimate of drug-likeness (QED) is 0.475. The summed E-state index contributed by atoms with van der Waals surface area (Å²) in [7, 11) is 1.52. The van der Waals surface area contributed by atoms with Crippen LogP contribution in [-0.2, 0) is 6.42 Å². The zero-order valence-corrected chi connectivity index (χ0v) is 14.8. The van der Waals surface area contributed by atoms with Crippen molar-refractivity contribution in [1.82, 2.24) is 0 Å². The van der Waals surface area contributed by atoms with Crippen LogP contribution in [0.4, 0.5) is 0 Å². The number of methoxy groups -OCH3 is 1. The summed E-state index contributed by atoms with van der Waals surface area (Å²) in [5.74, 6) is 0.788. The third-order valence-electron chi connectivity index (χ3n) is 4.10. The lowest BCUT2D eigenvalue weighted by atomic mass is 10.1. The molecule has 0 spiro atoms. The van der Waals surface area contributed by atoms with Crippen molar-refractivity contribution in [2.75, 3.05) is 13.7 Å². The molecule has 0 fully saturated rings. The maximum atomic E-state index is 12.4. The molecule has 0 N–H and O–H groups in total. The van der Waals surface area contributed by atoms with Gasteiger partial charge in [-0.1, -0.05) is 25.5 Å². The van der Waals surface area contributed by atoms with Crippen molar-refractivity contribution < 1.29 is 18.7 Å². The van der Waals surface area contributed by atoms with Gasteiger partial charge in [0.15, 0.2) is 6.61 Å². The minimum Gasteiger partial charge on any atom is -0.496 e. The summed E-state index contributed by atoms with van der Waals surface area (Å²) in [6, 6.07) is 13.8. The largest absolute Gasteiger partial charge is 0.496 e. The van der Waals surface area contributed by atoms with Gasteiger partial charge in [-0.3, -0.25) is 4.79 Å². The normalized spacial score (nSPS) is 10.7. The van der Waals surface area contributed by atoms with E-state index in [2.05, 4.69) is 6.92 Å². The molecule has 5 nitrogen and oxygen atoms in total. The Kier molecular flexibility index (Phi) is 5.37. The Hall–Kier alpha value is -3.08. The third kappa shape index (κ3) is 3.77. The van der Waals surface area contributed by atoms with Crippen LogP contribution in [0.15, 0.2) is 57.7 Å². The third-order valence-corrected chi connectivity index (χ3v) is 4.10. The summed E-state index contributed by atoms with van der Waals surface area (Å²) in [4.78, 5) is 24.1. The highest BCUT2D eigenvalue weighted by atomic mass is 16.5. The van der Waals surface area contributed by atoms with Gasteiger partial charge in [0.25, 0.3) is 0 Å². The topological polar surface area (TPSA) is 65.7 Å². The second-order valence-electron chi connectivity index (χ2n) is 5.91. The van der Waals surface area contributed by atoms with Gasteiger partial charge >= 0.3 is 5.63 Å². The Morgan fingerprint density at radius 2 is 1.92 bits per heavy atom. The summed E-state index contributed by atoms with van der Waals surface area (Å²) >= 11 is 0. The number of ether oxygens (including phenoxy) is 2. The highest BCUT2D eigenvalue weighted by Crippen LogP contribution is 2.24. The minimum atomic E-state index is -0.386. The van der Waals surface area contributed by atoms with Gasteiger partial charge in [-0.05, 0) is 36.2 Å². The summed E-state index contributed by atoms with van der Waals surface area (Å²) in [5.41, 5.74) is 1.49. The Balaban J connectivity index is 1.81. The molecule has 0 saturated carbocycles. The lowest BCUT2D eigenvalue weighted by Gasteiger charge is -2.10. The van der Waals surface area contributed by atoms with Crippen molar-refractivity contribution in [3.63, 3.8) is 0 Å². The average Bonchev–Trinajstić information content (AvgIpc) is 2.65. The average molecular weight is 352 g/mol. The van der Waals surface area contributed by atoms with E-state index in [4.69, 9.17) is 13.9 Å². The van der Waals surface area contributed by atoms with E-state index in [1.807, 2.05) is 6.07 Å². The summed E-state index contributed by atoms with van der Waals surface area (Å²) in [5, 5.41) is 0.884. The first-order valence-electron chi connectivity index (χ1n) is 8.48. The highest BCUT2D eigenvalue weighted by molar-refractivity contribution is 5.99. The first-order valence-corrected chi connectivity index (χ1v) is 8.48. The second kappa shape index (κ2) is 7.87. The number of carbonyl (C=O) groups is 1. The number of ketones is 1. The first-order chi connectivity index (χ1) is 12.6. The van der Waals surface area contributed by atoms with Crippen LogP contribution >= 0.6 is 0 Å². The van der Waals surface area contributed by atoms with Crippen LogP contribution in [0.5, 0.6) is 11.5 Å². The van der Waals surface area contributed by atoms with E-state index < -0.39 is 0 Å². The molecule has 2 aromatic carbocycles. The molecule has 3 aromatic rings. The Morgan fingerprint density at radius 3 is 2.69 bits per heavy atom. The molecular formula is C21H20O5. The maximum Gasteiger partial charge on any atom is 0.336 e. The fourth-order valence-electron chi connectivity index (χ4n) is 2.88. The molecule has 0 unspecified atom stereocenters. The number of fused-ring (bicyclic) bond motifs is 1. The zero-order chi connectivity index (χ0) is 18.5. The second-order valence-corrected chi connectivity index (χ2v) is 5.91. The highest BCUT2D eigenvalue weighted by Gasteiger charge is 2.13. The van der Waals surface area contributed by atoms with Gasteiger partial charge in [0, 0.05) is 17.5 Å². The molecule has 5 heteroatoms. The molecular weight excluding hydrogens is 332 g/mol. The first kappa shape index (κ1) is 17.7. The van der Waals surface area contributed by atoms with Crippen molar-refractivity contribution in [2.24, 2.45) is 0 Å². The van der Waals surface area contributed by atoms with E-state index >= 15 is 0 Å². The molecule has 1 aromatic heterocycles. The van der Waals surface area contributed by atoms with Gasteiger partial charge in [-0.15, -0.1) is 0 Å². The predicted octanol–water partition coefficient (Wildman–Crippen LogP) is 4.02. The molecule has 3 rings (SSSR count). The molecule has 0 bridgehead atoms. The van der Waals surface area contributed by atoms with Crippen molar-refractivity contribution in [1.29, 1.82) is 0 Å². The molecule has 134 valence electrons. The standard InChI is InChI=1S/C21H20O5/c1-3-6-14-11-21(23)26-20-12-15(9-10-16(14)20)25-13-18(22)17-7-4-5-8-19(17)24-2/h4-5,7-12H,3,6,13H2,1-2H3. The molecule has 1 heterocycles. The summed E-state index contributed by atoms with van der Waals surface area (Å²) in [6.45, 7) is 1.92. The lowest BCUT2D eigenvalue weighted by molar-refractivity contribution is 0.0918. The monoisotopic (exact) mass is 352 g/mol. The van der Waals surface area contributed by atoms with Crippen LogP contribution in [0.3, 0.4) is 0 Å². The van der Waals surface area contributed by atoms with Crippen LogP contribution in [0.1, 0.15) is 29.3 Å². The molecule has 0 aliphatic carbocycles. The van der Waals surface area contributed by atoms with Crippen molar-refractivity contribution >= 4 is 16.8 Å². The molecule has 0 amide bonds.